The fourth-order valence-corrected chi connectivity index (χ4v) is 4.36. The van der Waals surface area contributed by atoms with E-state index in [0.717, 1.165) is 49.0 Å². The third-order valence-electron chi connectivity index (χ3n) is 4.63. The van der Waals surface area contributed by atoms with Gasteiger partial charge < -0.3 is 0 Å². The van der Waals surface area contributed by atoms with Crippen LogP contribution in [-0.2, 0) is 6.54 Å². The fourth-order valence-electron chi connectivity index (χ4n) is 3.52. The maximum atomic E-state index is 12.3. The van der Waals surface area contributed by atoms with Gasteiger partial charge in [-0.1, -0.05) is 18.2 Å². The number of aromatic amines is 1. The van der Waals surface area contributed by atoms with Gasteiger partial charge in [0, 0.05) is 30.1 Å². The van der Waals surface area contributed by atoms with Gasteiger partial charge in [-0.25, -0.2) is 19.4 Å². The third kappa shape index (κ3) is 3.43. The predicted molar refractivity (Wildman–Crippen MR) is 98.3 cm³/mol. The molecule has 0 aliphatic carbocycles. The zero-order valence-electron chi connectivity index (χ0n) is 14.2. The number of H-pyrrole nitrogens is 1. The summed E-state index contributed by atoms with van der Waals surface area (Å²) >= 11 is 1.75. The van der Waals surface area contributed by atoms with E-state index in [0.29, 0.717) is 0 Å². The lowest BCUT2D eigenvalue weighted by Gasteiger charge is -2.31. The van der Waals surface area contributed by atoms with Crippen LogP contribution in [0.1, 0.15) is 34.5 Å². The predicted octanol–water partition coefficient (Wildman–Crippen LogP) is 2.71. The molecule has 2 aromatic heterocycles. The van der Waals surface area contributed by atoms with Crippen LogP contribution < -0.4 is 5.69 Å². The van der Waals surface area contributed by atoms with Crippen LogP contribution in [0.3, 0.4) is 0 Å². The molecular weight excluding hydrogens is 334 g/mol. The number of aromatic nitrogens is 4. The van der Waals surface area contributed by atoms with Gasteiger partial charge in [-0.05, 0) is 38.4 Å². The van der Waals surface area contributed by atoms with E-state index in [1.807, 2.05) is 43.5 Å². The molecule has 0 saturated carbocycles. The molecule has 25 heavy (non-hydrogen) atoms. The number of aryl methyl sites for hydroxylation is 1. The Morgan fingerprint density at radius 2 is 2.16 bits per heavy atom. The van der Waals surface area contributed by atoms with Gasteiger partial charge in [0.25, 0.3) is 0 Å². The second-order valence-electron chi connectivity index (χ2n) is 6.48. The van der Waals surface area contributed by atoms with Crippen LogP contribution in [0.4, 0.5) is 0 Å². The van der Waals surface area contributed by atoms with E-state index in [-0.39, 0.29) is 11.6 Å². The summed E-state index contributed by atoms with van der Waals surface area (Å²) in [6, 6.07) is 9.73. The molecule has 1 aromatic carbocycles. The molecule has 7 heteroatoms. The van der Waals surface area contributed by atoms with Crippen molar-refractivity contribution in [3.63, 3.8) is 0 Å². The average Bonchev–Trinajstić information content (AvgIpc) is 3.21. The second-order valence-corrected chi connectivity index (χ2v) is 7.80. The molecule has 6 nitrogen and oxygen atoms in total. The SMILES string of the molecule is Cc1ncc(CN2CCCC(c3n[nH]c(=O)n3-c3ccccc3)C2)s1. The number of para-hydroxylation sites is 1. The summed E-state index contributed by atoms with van der Waals surface area (Å²) in [5.41, 5.74) is 0.697. The molecule has 4 rings (SSSR count). The lowest BCUT2D eigenvalue weighted by atomic mass is 9.97. The van der Waals surface area contributed by atoms with Crippen LogP contribution in [0.15, 0.2) is 41.3 Å². The Labute approximate surface area is 150 Å². The number of benzene rings is 1. The first-order chi connectivity index (χ1) is 12.2. The summed E-state index contributed by atoms with van der Waals surface area (Å²) in [6.45, 7) is 4.94. The lowest BCUT2D eigenvalue weighted by Crippen LogP contribution is -2.35. The van der Waals surface area contributed by atoms with Crippen LogP contribution in [0.5, 0.6) is 0 Å². The molecule has 3 heterocycles. The summed E-state index contributed by atoms with van der Waals surface area (Å²) < 4.78 is 1.71. The molecule has 1 fully saturated rings. The van der Waals surface area contributed by atoms with Crippen LogP contribution in [0, 0.1) is 6.92 Å². The van der Waals surface area contributed by atoms with E-state index in [1.165, 1.54) is 4.88 Å². The highest BCUT2D eigenvalue weighted by Gasteiger charge is 2.27. The molecule has 1 atom stereocenters. The van der Waals surface area contributed by atoms with Crippen molar-refractivity contribution in [2.45, 2.75) is 32.2 Å². The number of nitrogens with one attached hydrogen (secondary N) is 1. The highest BCUT2D eigenvalue weighted by Crippen LogP contribution is 2.27. The van der Waals surface area contributed by atoms with E-state index in [2.05, 4.69) is 20.1 Å². The molecule has 1 aliphatic rings. The zero-order chi connectivity index (χ0) is 17.2. The van der Waals surface area contributed by atoms with E-state index >= 15 is 0 Å². The first-order valence-corrected chi connectivity index (χ1v) is 9.39. The number of piperidine rings is 1. The molecule has 0 bridgehead atoms. The van der Waals surface area contributed by atoms with E-state index in [1.54, 1.807) is 15.9 Å². The smallest absolute Gasteiger partial charge is 0.297 e. The molecule has 1 aliphatic heterocycles. The van der Waals surface area contributed by atoms with Crippen molar-refractivity contribution in [2.75, 3.05) is 13.1 Å². The molecule has 1 saturated heterocycles. The lowest BCUT2D eigenvalue weighted by molar-refractivity contribution is 0.197. The van der Waals surface area contributed by atoms with Gasteiger partial charge >= 0.3 is 5.69 Å². The first-order valence-electron chi connectivity index (χ1n) is 8.57. The van der Waals surface area contributed by atoms with Crippen LogP contribution in [0.2, 0.25) is 0 Å². The Hall–Kier alpha value is -2.25. The summed E-state index contributed by atoms with van der Waals surface area (Å²) in [6.07, 6.45) is 4.13. The van der Waals surface area contributed by atoms with Crippen molar-refractivity contribution in [2.24, 2.45) is 0 Å². The maximum absolute atomic E-state index is 12.3. The van der Waals surface area contributed by atoms with Gasteiger partial charge in [-0.3, -0.25) is 4.90 Å². The molecule has 0 radical (unpaired) electrons. The number of rotatable bonds is 4. The minimum Gasteiger partial charge on any atom is -0.297 e. The summed E-state index contributed by atoms with van der Waals surface area (Å²) in [4.78, 5) is 20.4. The van der Waals surface area contributed by atoms with E-state index in [4.69, 9.17) is 0 Å². The van der Waals surface area contributed by atoms with E-state index in [9.17, 15) is 4.79 Å². The van der Waals surface area contributed by atoms with Gasteiger partial charge in [-0.15, -0.1) is 11.3 Å². The normalized spacial score (nSPS) is 18.5. The fraction of sp³-hybridized carbons (Fsp3) is 0.389. The molecule has 130 valence electrons. The van der Waals surface area contributed by atoms with Crippen molar-refractivity contribution in [1.82, 2.24) is 24.6 Å². The summed E-state index contributed by atoms with van der Waals surface area (Å²) in [5.74, 6) is 1.09. The van der Waals surface area contributed by atoms with Crippen molar-refractivity contribution in [3.8, 4) is 5.69 Å². The number of nitrogens with zero attached hydrogens (tertiary/aromatic N) is 4. The Kier molecular flexibility index (Phi) is 4.50. The van der Waals surface area contributed by atoms with Crippen LogP contribution in [-0.4, -0.2) is 37.7 Å². The van der Waals surface area contributed by atoms with Gasteiger partial charge in [-0.2, -0.15) is 5.10 Å². The quantitative estimate of drug-likeness (QED) is 0.781. The summed E-state index contributed by atoms with van der Waals surface area (Å²) in [5, 5.41) is 8.09. The van der Waals surface area contributed by atoms with Crippen molar-refractivity contribution in [1.29, 1.82) is 0 Å². The van der Waals surface area contributed by atoms with Gasteiger partial charge in [0.1, 0.15) is 5.82 Å². The molecule has 0 amide bonds. The molecule has 1 N–H and O–H groups in total. The Morgan fingerprint density at radius 1 is 1.32 bits per heavy atom. The maximum Gasteiger partial charge on any atom is 0.347 e. The first kappa shape index (κ1) is 16.2. The van der Waals surface area contributed by atoms with Gasteiger partial charge in [0.2, 0.25) is 0 Å². The molecular formula is C18H21N5OS. The third-order valence-corrected chi connectivity index (χ3v) is 5.53. The standard InChI is InChI=1S/C18H21N5OS/c1-13-19-10-16(25-13)12-22-9-5-6-14(11-22)17-20-21-18(24)23(17)15-7-3-2-4-8-15/h2-4,7-8,10,14H,5-6,9,11-12H2,1H3,(H,21,24). The Balaban J connectivity index is 1.57. The van der Waals surface area contributed by atoms with Crippen molar-refractivity contribution < 1.29 is 0 Å². The molecule has 0 spiro atoms. The van der Waals surface area contributed by atoms with Gasteiger partial charge in [0.15, 0.2) is 0 Å². The van der Waals surface area contributed by atoms with Crippen molar-refractivity contribution >= 4 is 11.3 Å². The number of hydrogen-bond donors (Lipinski definition) is 1. The Morgan fingerprint density at radius 3 is 2.92 bits per heavy atom. The number of thiazole rings is 1. The van der Waals surface area contributed by atoms with Crippen molar-refractivity contribution in [3.05, 3.63) is 62.7 Å². The largest absolute Gasteiger partial charge is 0.347 e. The topological polar surface area (TPSA) is 66.8 Å². The minimum absolute atomic E-state index is 0.170. The second kappa shape index (κ2) is 6.93. The number of hydrogen-bond acceptors (Lipinski definition) is 5. The molecule has 3 aromatic rings. The molecule has 1 unspecified atom stereocenters. The monoisotopic (exact) mass is 355 g/mol. The van der Waals surface area contributed by atoms with Gasteiger partial charge in [0.05, 0.1) is 10.7 Å². The summed E-state index contributed by atoms with van der Waals surface area (Å²) in [7, 11) is 0. The van der Waals surface area contributed by atoms with Crippen LogP contribution >= 0.6 is 11.3 Å². The minimum atomic E-state index is -0.170. The average molecular weight is 355 g/mol. The Bertz CT molecular complexity index is 898. The zero-order valence-corrected chi connectivity index (χ0v) is 15.0. The van der Waals surface area contributed by atoms with Crippen LogP contribution in [0.25, 0.3) is 5.69 Å². The number of likely N-dealkylation sites (tertiary alicyclic amines) is 1. The highest BCUT2D eigenvalue weighted by atomic mass is 32.1. The van der Waals surface area contributed by atoms with E-state index < -0.39 is 0 Å². The highest BCUT2D eigenvalue weighted by molar-refractivity contribution is 7.11.